The van der Waals surface area contributed by atoms with Gasteiger partial charge in [0.1, 0.15) is 16.7 Å². The van der Waals surface area contributed by atoms with Gasteiger partial charge in [-0.15, -0.1) is 0 Å². The molecule has 1 atom stereocenters. The van der Waals surface area contributed by atoms with E-state index in [0.29, 0.717) is 5.75 Å². The first kappa shape index (κ1) is 25.7. The number of nitrogens with one attached hydrogen (secondary N) is 1. The van der Waals surface area contributed by atoms with Crippen molar-refractivity contribution < 1.29 is 27.5 Å². The Morgan fingerprint density at radius 1 is 1.11 bits per heavy atom. The van der Waals surface area contributed by atoms with Crippen LogP contribution in [0.5, 0.6) is 5.75 Å². The molecule has 3 amide bonds. The fourth-order valence-electron chi connectivity index (χ4n) is 4.70. The smallest absolute Gasteiger partial charge is 0.269 e. The molecule has 192 valence electrons. The molecule has 1 saturated carbocycles. The molecule has 0 aromatic heterocycles. The third-order valence-corrected chi connectivity index (χ3v) is 8.66. The Morgan fingerprint density at radius 2 is 1.78 bits per heavy atom. The van der Waals surface area contributed by atoms with Crippen LogP contribution in [0.2, 0.25) is 0 Å². The fraction of sp³-hybridized carbons (Fsp3) is 0.423. The average molecular weight is 514 g/mol. The molecule has 4 rings (SSSR count). The number of fused-ring (bicyclic) bond motifs is 1. The monoisotopic (exact) mass is 513 g/mol. The molecule has 36 heavy (non-hydrogen) atoms. The number of carbonyl (C=O) groups is 3. The van der Waals surface area contributed by atoms with Gasteiger partial charge in [0.05, 0.1) is 12.7 Å². The van der Waals surface area contributed by atoms with Crippen molar-refractivity contribution >= 4 is 27.7 Å². The summed E-state index contributed by atoms with van der Waals surface area (Å²) in [5, 5.41) is 3.03. The lowest BCUT2D eigenvalue weighted by Crippen LogP contribution is -2.50. The lowest BCUT2D eigenvalue weighted by Gasteiger charge is -2.30. The third-order valence-electron chi connectivity index (χ3n) is 6.82. The minimum Gasteiger partial charge on any atom is -0.497 e. The second-order valence-electron chi connectivity index (χ2n) is 9.16. The molecular formula is C26H31N3O6S. The molecule has 0 radical (unpaired) electrons. The van der Waals surface area contributed by atoms with Crippen molar-refractivity contribution in [1.82, 2.24) is 14.5 Å². The first-order valence-electron chi connectivity index (χ1n) is 12.1. The molecule has 1 aliphatic carbocycles. The number of benzene rings is 2. The second kappa shape index (κ2) is 10.7. The van der Waals surface area contributed by atoms with Gasteiger partial charge in [0.15, 0.2) is 0 Å². The lowest BCUT2D eigenvalue weighted by atomic mass is 10.1. The second-order valence-corrected chi connectivity index (χ2v) is 11.0. The summed E-state index contributed by atoms with van der Waals surface area (Å²) in [5.74, 6) is -0.645. The van der Waals surface area contributed by atoms with E-state index in [4.69, 9.17) is 4.74 Å². The van der Waals surface area contributed by atoms with Crippen LogP contribution in [0.3, 0.4) is 0 Å². The number of hydrogen-bond acceptors (Lipinski definition) is 6. The Morgan fingerprint density at radius 3 is 2.42 bits per heavy atom. The van der Waals surface area contributed by atoms with Gasteiger partial charge in [0.2, 0.25) is 11.8 Å². The van der Waals surface area contributed by atoms with E-state index in [2.05, 4.69) is 5.32 Å². The first-order chi connectivity index (χ1) is 17.2. The highest BCUT2D eigenvalue weighted by Crippen LogP contribution is 2.30. The van der Waals surface area contributed by atoms with Gasteiger partial charge in [-0.1, -0.05) is 37.1 Å². The predicted octanol–water partition coefficient (Wildman–Crippen LogP) is 2.71. The van der Waals surface area contributed by atoms with Crippen molar-refractivity contribution in [3.63, 3.8) is 0 Å². The number of sulfonamides is 1. The van der Waals surface area contributed by atoms with Crippen LogP contribution in [0.4, 0.5) is 0 Å². The molecule has 1 heterocycles. The van der Waals surface area contributed by atoms with Gasteiger partial charge in [0, 0.05) is 25.6 Å². The van der Waals surface area contributed by atoms with E-state index in [9.17, 15) is 22.8 Å². The van der Waals surface area contributed by atoms with E-state index in [-0.39, 0.29) is 41.9 Å². The lowest BCUT2D eigenvalue weighted by molar-refractivity contribution is -0.140. The molecule has 1 N–H and O–H groups in total. The highest BCUT2D eigenvalue weighted by molar-refractivity contribution is 7.90. The topological polar surface area (TPSA) is 113 Å². The highest BCUT2D eigenvalue weighted by Gasteiger charge is 2.41. The molecule has 2 aliphatic rings. The zero-order valence-corrected chi connectivity index (χ0v) is 21.3. The summed E-state index contributed by atoms with van der Waals surface area (Å²) in [6, 6.07) is 12.5. The third kappa shape index (κ3) is 5.23. The minimum atomic E-state index is -4.02. The molecule has 9 nitrogen and oxygen atoms in total. The van der Waals surface area contributed by atoms with Crippen molar-refractivity contribution in [3.05, 3.63) is 59.7 Å². The molecule has 0 unspecified atom stereocenters. The summed E-state index contributed by atoms with van der Waals surface area (Å²) in [4.78, 5) is 40.5. The number of ether oxygens (including phenoxy) is 1. The van der Waals surface area contributed by atoms with Gasteiger partial charge in [-0.25, -0.2) is 12.7 Å². The van der Waals surface area contributed by atoms with Crippen LogP contribution in [0.25, 0.3) is 0 Å². The number of rotatable bonds is 9. The Labute approximate surface area is 211 Å². The zero-order valence-electron chi connectivity index (χ0n) is 20.5. The van der Waals surface area contributed by atoms with Crippen LogP contribution >= 0.6 is 0 Å². The van der Waals surface area contributed by atoms with Crippen molar-refractivity contribution in [1.29, 1.82) is 0 Å². The summed E-state index contributed by atoms with van der Waals surface area (Å²) >= 11 is 0. The van der Waals surface area contributed by atoms with E-state index >= 15 is 0 Å². The van der Waals surface area contributed by atoms with Crippen LogP contribution in [-0.4, -0.2) is 61.1 Å². The molecule has 0 spiro atoms. The average Bonchev–Trinajstić information content (AvgIpc) is 3.46. The molecule has 1 aliphatic heterocycles. The van der Waals surface area contributed by atoms with Crippen LogP contribution in [-0.2, 0) is 26.2 Å². The summed E-state index contributed by atoms with van der Waals surface area (Å²) in [6.45, 7) is 1.52. The molecular weight excluding hydrogens is 482 g/mol. The Bertz CT molecular complexity index is 1240. The molecule has 0 bridgehead atoms. The van der Waals surface area contributed by atoms with Crippen LogP contribution < -0.4 is 10.1 Å². The van der Waals surface area contributed by atoms with Gasteiger partial charge < -0.3 is 15.0 Å². The maximum Gasteiger partial charge on any atom is 0.269 e. The van der Waals surface area contributed by atoms with Gasteiger partial charge in [-0.05, 0) is 49.6 Å². The number of methoxy groups -OCH3 is 1. The van der Waals surface area contributed by atoms with E-state index < -0.39 is 27.9 Å². The van der Waals surface area contributed by atoms with E-state index in [1.165, 1.54) is 17.0 Å². The SMILES string of the molecule is COc1ccc(CN(C(=O)CCN2C(=O)c3ccccc3S2(=O)=O)[C@H](C)C(=O)NC2CCCC2)cc1. The van der Waals surface area contributed by atoms with Crippen molar-refractivity contribution in [2.75, 3.05) is 13.7 Å². The van der Waals surface area contributed by atoms with E-state index in [1.807, 2.05) is 12.1 Å². The standard InChI is InChI=1S/C26H31N3O6S/c1-18(25(31)27-20-7-3-4-8-20)28(17-19-11-13-21(35-2)14-12-19)24(30)15-16-29-26(32)22-9-5-6-10-23(22)36(29,33)34/h5-6,9-14,18,20H,3-4,7-8,15-17H2,1-2H3,(H,27,31)/t18-/m1/s1. The Kier molecular flexibility index (Phi) is 7.63. The van der Waals surface area contributed by atoms with Crippen LogP contribution in [0, 0.1) is 0 Å². The van der Waals surface area contributed by atoms with Gasteiger partial charge >= 0.3 is 0 Å². The predicted molar refractivity (Wildman–Crippen MR) is 133 cm³/mol. The van der Waals surface area contributed by atoms with Crippen molar-refractivity contribution in [2.45, 2.75) is 62.6 Å². The Hall–Kier alpha value is -3.40. The van der Waals surface area contributed by atoms with E-state index in [0.717, 1.165) is 35.6 Å². The highest BCUT2D eigenvalue weighted by atomic mass is 32.2. The summed E-state index contributed by atoms with van der Waals surface area (Å²) in [7, 11) is -2.45. The molecule has 0 saturated heterocycles. The van der Waals surface area contributed by atoms with Crippen molar-refractivity contribution in [2.24, 2.45) is 0 Å². The normalized spacial score (nSPS) is 17.5. The number of hydrogen-bond donors (Lipinski definition) is 1. The van der Waals surface area contributed by atoms with Gasteiger partial charge in [-0.3, -0.25) is 14.4 Å². The number of nitrogens with zero attached hydrogens (tertiary/aromatic N) is 2. The summed E-state index contributed by atoms with van der Waals surface area (Å²) in [5.41, 5.74) is 0.895. The zero-order chi connectivity index (χ0) is 25.9. The quantitative estimate of drug-likeness (QED) is 0.552. The molecule has 2 aromatic rings. The van der Waals surface area contributed by atoms with Crippen molar-refractivity contribution in [3.8, 4) is 5.75 Å². The maximum absolute atomic E-state index is 13.4. The number of amides is 3. The van der Waals surface area contributed by atoms with E-state index in [1.54, 1.807) is 38.3 Å². The van der Waals surface area contributed by atoms with Gasteiger partial charge in [-0.2, -0.15) is 0 Å². The minimum absolute atomic E-state index is 0.0538. The first-order valence-corrected chi connectivity index (χ1v) is 13.5. The van der Waals surface area contributed by atoms with Crippen LogP contribution in [0.15, 0.2) is 53.4 Å². The molecule has 2 aromatic carbocycles. The van der Waals surface area contributed by atoms with Crippen LogP contribution in [0.1, 0.15) is 54.9 Å². The molecule has 1 fully saturated rings. The molecule has 10 heteroatoms. The maximum atomic E-state index is 13.4. The largest absolute Gasteiger partial charge is 0.497 e. The summed E-state index contributed by atoms with van der Waals surface area (Å²) < 4.78 is 31.7. The fourth-order valence-corrected chi connectivity index (χ4v) is 6.26. The Balaban J connectivity index is 1.50. The summed E-state index contributed by atoms with van der Waals surface area (Å²) in [6.07, 6.45) is 3.72. The van der Waals surface area contributed by atoms with Gasteiger partial charge in [0.25, 0.3) is 15.9 Å². The number of carbonyl (C=O) groups excluding carboxylic acids is 3.